The molecular weight excluding hydrogens is 200 g/mol. The molecule has 9 heavy (non-hydrogen) atoms. The average molecular weight is 206 g/mol. The Hall–Kier alpha value is -0.492. The van der Waals surface area contributed by atoms with Crippen LogP contribution in [0.3, 0.4) is 0 Å². The fourth-order valence-electron chi connectivity index (χ4n) is 0.493. The van der Waals surface area contributed by atoms with Gasteiger partial charge in [0.2, 0.25) is 0 Å². The molecule has 0 atom stereocenters. The second kappa shape index (κ2) is 3.52. The van der Waals surface area contributed by atoms with Crippen molar-refractivity contribution >= 4 is 0 Å². The minimum Gasteiger partial charge on any atom is -0.508 e. The van der Waals surface area contributed by atoms with E-state index in [1.807, 2.05) is 0 Å². The van der Waals surface area contributed by atoms with E-state index in [-0.39, 0.29) is 32.6 Å². The summed E-state index contributed by atoms with van der Waals surface area (Å²) in [6, 6.07) is 5.85. The van der Waals surface area contributed by atoms with E-state index in [4.69, 9.17) is 10.2 Å². The third-order valence-electron chi connectivity index (χ3n) is 0.830. The van der Waals surface area contributed by atoms with Gasteiger partial charge in [-0.25, -0.2) is 0 Å². The molecule has 0 amide bonds. The summed E-state index contributed by atoms with van der Waals surface area (Å²) in [4.78, 5) is 0. The smallest absolute Gasteiger partial charge is 0.119 e. The van der Waals surface area contributed by atoms with Gasteiger partial charge in [-0.3, -0.25) is 0 Å². The first-order valence-corrected chi connectivity index (χ1v) is 2.27. The molecule has 1 aromatic carbocycles. The molecule has 0 aliphatic carbocycles. The Morgan fingerprint density at radius 2 is 1.44 bits per heavy atom. The van der Waals surface area contributed by atoms with Gasteiger partial charge in [-0.05, 0) is 12.1 Å². The number of hydrogen-bond donors (Lipinski definition) is 2. The van der Waals surface area contributed by atoms with Crippen LogP contribution in [0.25, 0.3) is 0 Å². The number of benzene rings is 1. The minimum atomic E-state index is 0. The first kappa shape index (κ1) is 8.51. The normalized spacial score (nSPS) is 8.00. The Labute approximate surface area is 67.4 Å². The Kier molecular flexibility index (Phi) is 3.33. The summed E-state index contributed by atoms with van der Waals surface area (Å²) in [7, 11) is 0. The number of phenolic OH excluding ortho intramolecular Hbond substituents is 2. The Bertz CT molecular complexity index is 171. The van der Waals surface area contributed by atoms with Gasteiger partial charge in [0.15, 0.2) is 0 Å². The second-order valence-corrected chi connectivity index (χ2v) is 1.52. The zero-order valence-corrected chi connectivity index (χ0v) is 6.62. The Morgan fingerprint density at radius 1 is 1.00 bits per heavy atom. The second-order valence-electron chi connectivity index (χ2n) is 1.52. The van der Waals surface area contributed by atoms with E-state index >= 15 is 0 Å². The van der Waals surface area contributed by atoms with Crippen molar-refractivity contribution < 1.29 is 31.3 Å². The molecule has 0 heterocycles. The van der Waals surface area contributed by atoms with E-state index in [2.05, 4.69) is 0 Å². The molecule has 1 aromatic rings. The van der Waals surface area contributed by atoms with Crippen molar-refractivity contribution in [2.45, 2.75) is 0 Å². The van der Waals surface area contributed by atoms with Gasteiger partial charge in [-0.15, -0.1) is 0 Å². The summed E-state index contributed by atoms with van der Waals surface area (Å²) >= 11 is 0. The standard InChI is InChI=1S/C6H6O2.Mo/c7-5-2-1-3-6(8)4-5;/h1-4,7-8H;. The van der Waals surface area contributed by atoms with Gasteiger partial charge < -0.3 is 10.2 Å². The summed E-state index contributed by atoms with van der Waals surface area (Å²) in [5.41, 5.74) is 0. The first-order chi connectivity index (χ1) is 3.79. The molecule has 2 N–H and O–H groups in total. The molecule has 0 aliphatic rings. The van der Waals surface area contributed by atoms with Crippen molar-refractivity contribution in [3.05, 3.63) is 24.3 Å². The molecule has 0 spiro atoms. The zero-order valence-electron chi connectivity index (χ0n) is 4.61. The fourth-order valence-corrected chi connectivity index (χ4v) is 0.493. The maximum absolute atomic E-state index is 8.65. The van der Waals surface area contributed by atoms with Crippen molar-refractivity contribution in [2.75, 3.05) is 0 Å². The van der Waals surface area contributed by atoms with E-state index in [0.717, 1.165) is 0 Å². The van der Waals surface area contributed by atoms with E-state index in [9.17, 15) is 0 Å². The molecule has 48 valence electrons. The van der Waals surface area contributed by atoms with Crippen LogP contribution in [0.5, 0.6) is 11.5 Å². The van der Waals surface area contributed by atoms with E-state index < -0.39 is 0 Å². The van der Waals surface area contributed by atoms with Crippen molar-refractivity contribution in [2.24, 2.45) is 0 Å². The van der Waals surface area contributed by atoms with E-state index in [1.54, 1.807) is 6.07 Å². The number of phenols is 2. The summed E-state index contributed by atoms with van der Waals surface area (Å²) < 4.78 is 0. The van der Waals surface area contributed by atoms with Crippen LogP contribution >= 0.6 is 0 Å². The minimum absolute atomic E-state index is 0. The molecule has 0 aromatic heterocycles. The zero-order chi connectivity index (χ0) is 5.98. The monoisotopic (exact) mass is 208 g/mol. The van der Waals surface area contributed by atoms with Crippen LogP contribution in [0.15, 0.2) is 24.3 Å². The van der Waals surface area contributed by atoms with Gasteiger partial charge in [-0.1, -0.05) is 6.07 Å². The van der Waals surface area contributed by atoms with Gasteiger partial charge in [0.05, 0.1) is 0 Å². The van der Waals surface area contributed by atoms with Crippen molar-refractivity contribution in [3.8, 4) is 11.5 Å². The third-order valence-corrected chi connectivity index (χ3v) is 0.830. The maximum Gasteiger partial charge on any atom is 0.119 e. The third kappa shape index (κ3) is 2.52. The van der Waals surface area contributed by atoms with Gasteiger partial charge in [-0.2, -0.15) is 0 Å². The summed E-state index contributed by atoms with van der Waals surface area (Å²) in [6.45, 7) is 0. The number of hydrogen-bond acceptors (Lipinski definition) is 2. The largest absolute Gasteiger partial charge is 0.508 e. The van der Waals surface area contributed by atoms with Crippen LogP contribution < -0.4 is 0 Å². The van der Waals surface area contributed by atoms with Crippen molar-refractivity contribution in [1.82, 2.24) is 0 Å². The molecule has 0 aliphatic heterocycles. The summed E-state index contributed by atoms with van der Waals surface area (Å²) in [6.07, 6.45) is 0. The molecule has 0 saturated carbocycles. The molecule has 0 radical (unpaired) electrons. The Balaban J connectivity index is 0.000000640. The van der Waals surface area contributed by atoms with Crippen LogP contribution in [0.1, 0.15) is 0 Å². The van der Waals surface area contributed by atoms with Gasteiger partial charge in [0.25, 0.3) is 0 Å². The van der Waals surface area contributed by atoms with Gasteiger partial charge >= 0.3 is 0 Å². The Morgan fingerprint density at radius 3 is 1.67 bits per heavy atom. The molecule has 0 unspecified atom stereocenters. The van der Waals surface area contributed by atoms with Crippen LogP contribution in [0, 0.1) is 0 Å². The van der Waals surface area contributed by atoms with Crippen LogP contribution in [-0.4, -0.2) is 10.2 Å². The molecular formula is C6H6MoO2. The molecule has 0 bridgehead atoms. The molecule has 0 saturated heterocycles. The van der Waals surface area contributed by atoms with Gasteiger partial charge in [0, 0.05) is 27.1 Å². The summed E-state index contributed by atoms with van der Waals surface area (Å²) in [5, 5.41) is 17.3. The molecule has 0 fully saturated rings. The topological polar surface area (TPSA) is 40.5 Å². The predicted molar refractivity (Wildman–Crippen MR) is 29.8 cm³/mol. The van der Waals surface area contributed by atoms with Gasteiger partial charge in [0.1, 0.15) is 11.5 Å². The van der Waals surface area contributed by atoms with Crippen molar-refractivity contribution in [1.29, 1.82) is 0 Å². The number of rotatable bonds is 0. The van der Waals surface area contributed by atoms with Crippen LogP contribution in [0.4, 0.5) is 0 Å². The first-order valence-electron chi connectivity index (χ1n) is 2.27. The summed E-state index contributed by atoms with van der Waals surface area (Å²) in [5.74, 6) is 0.176. The SMILES string of the molecule is Oc1cccc(O)c1.[Mo]. The number of aromatic hydroxyl groups is 2. The molecule has 1 rings (SSSR count). The van der Waals surface area contributed by atoms with Crippen LogP contribution in [-0.2, 0) is 21.1 Å². The van der Waals surface area contributed by atoms with Crippen molar-refractivity contribution in [3.63, 3.8) is 0 Å². The molecule has 3 heteroatoms. The maximum atomic E-state index is 8.65. The molecule has 2 nitrogen and oxygen atoms in total. The quantitative estimate of drug-likeness (QED) is 0.624. The van der Waals surface area contributed by atoms with E-state index in [0.29, 0.717) is 0 Å². The average Bonchev–Trinajstić information content (AvgIpc) is 1.64. The fraction of sp³-hybridized carbons (Fsp3) is 0. The van der Waals surface area contributed by atoms with Crippen LogP contribution in [0.2, 0.25) is 0 Å². The predicted octanol–water partition coefficient (Wildman–Crippen LogP) is 1.10. The van der Waals surface area contributed by atoms with E-state index in [1.165, 1.54) is 18.2 Å².